The lowest BCUT2D eigenvalue weighted by atomic mass is 9.62. The van der Waals surface area contributed by atoms with E-state index in [1.165, 1.54) is 25.0 Å². The number of aliphatic hydroxyl groups is 1. The summed E-state index contributed by atoms with van der Waals surface area (Å²) in [5, 5.41) is 9.88. The minimum atomic E-state index is -0.967. The van der Waals surface area contributed by atoms with Crippen LogP contribution >= 0.6 is 0 Å². The van der Waals surface area contributed by atoms with Gasteiger partial charge in [0, 0.05) is 33.1 Å². The zero-order valence-electron chi connectivity index (χ0n) is 23.8. The highest BCUT2D eigenvalue weighted by Crippen LogP contribution is 2.57. The fourth-order valence-electron chi connectivity index (χ4n) is 6.41. The van der Waals surface area contributed by atoms with Crippen LogP contribution in [0.3, 0.4) is 0 Å². The number of carbonyl (C=O) groups excluding carboxylic acids is 2. The molecular weight excluding hydrogens is 476 g/mol. The van der Waals surface area contributed by atoms with Crippen molar-refractivity contribution in [2.24, 2.45) is 17.3 Å². The van der Waals surface area contributed by atoms with Gasteiger partial charge in [0.2, 0.25) is 0 Å². The van der Waals surface area contributed by atoms with Crippen LogP contribution in [-0.2, 0) is 19.1 Å². The minimum absolute atomic E-state index is 0.0786. The topological polar surface area (TPSA) is 72.8 Å². The highest BCUT2D eigenvalue weighted by atomic mass is 16.6. The molecule has 1 N–H and O–H groups in total. The largest absolute Gasteiger partial charge is 0.462 e. The van der Waals surface area contributed by atoms with Gasteiger partial charge < -0.3 is 14.6 Å². The molecule has 2 fully saturated rings. The van der Waals surface area contributed by atoms with E-state index >= 15 is 0 Å². The van der Waals surface area contributed by atoms with Crippen LogP contribution in [0.15, 0.2) is 59.8 Å². The van der Waals surface area contributed by atoms with Gasteiger partial charge in [-0.25, -0.2) is 0 Å². The van der Waals surface area contributed by atoms with Crippen LogP contribution in [0.2, 0.25) is 0 Å². The second-order valence-corrected chi connectivity index (χ2v) is 11.7. The van der Waals surface area contributed by atoms with Gasteiger partial charge in [0.05, 0.1) is 0 Å². The Morgan fingerprint density at radius 3 is 2.61 bits per heavy atom. The molecule has 206 valence electrons. The molecule has 3 aliphatic carbocycles. The summed E-state index contributed by atoms with van der Waals surface area (Å²) >= 11 is 0. The maximum Gasteiger partial charge on any atom is 0.303 e. The van der Waals surface area contributed by atoms with Crippen LogP contribution in [-0.4, -0.2) is 34.9 Å². The Kier molecular flexibility index (Phi) is 9.65. The van der Waals surface area contributed by atoms with Gasteiger partial charge in [0.1, 0.15) is 17.8 Å². The van der Waals surface area contributed by atoms with Gasteiger partial charge in [0.15, 0.2) is 0 Å². The van der Waals surface area contributed by atoms with E-state index in [1.54, 1.807) is 13.8 Å². The fraction of sp³-hybridized carbons (Fsp3) is 0.576. The van der Waals surface area contributed by atoms with Gasteiger partial charge in [-0.2, -0.15) is 0 Å². The highest BCUT2D eigenvalue weighted by molar-refractivity contribution is 5.67. The number of hydrogen-bond acceptors (Lipinski definition) is 5. The number of rotatable bonds is 7. The van der Waals surface area contributed by atoms with E-state index < -0.39 is 11.7 Å². The summed E-state index contributed by atoms with van der Waals surface area (Å²) in [6.07, 6.45) is 14.9. The van der Waals surface area contributed by atoms with E-state index in [-0.39, 0.29) is 29.4 Å². The maximum absolute atomic E-state index is 11.7. The minimum Gasteiger partial charge on any atom is -0.462 e. The number of ether oxygens (including phenoxy) is 2. The number of allylic oxidation sites excluding steroid dienone is 6. The second-order valence-electron chi connectivity index (χ2n) is 11.7. The molecule has 5 atom stereocenters. The standard InChI is InChI=1S/C33H44O5/c1-8-25(12-9-10-18-32(5,6)36)29-16-17-30-26(13-11-19-33(29,30)7)14-15-27-20-28(37-23(3)34)21-31(22(27)2)38-24(4)35/h8,14-16,25,28,30-31,36H,1-2,9,11-13,17,19-21H2,3-7H3/b26-14+,27-15-/t25?,28-,30?,31+,33-/m1/s1. The van der Waals surface area contributed by atoms with E-state index in [9.17, 15) is 14.7 Å². The van der Waals surface area contributed by atoms with Crippen LogP contribution in [0.4, 0.5) is 0 Å². The molecule has 0 heterocycles. The van der Waals surface area contributed by atoms with E-state index in [0.717, 1.165) is 49.7 Å². The zero-order valence-corrected chi connectivity index (χ0v) is 23.8. The highest BCUT2D eigenvalue weighted by Gasteiger charge is 2.46. The van der Waals surface area contributed by atoms with Crippen molar-refractivity contribution in [3.63, 3.8) is 0 Å². The number of fused-ring (bicyclic) bond motifs is 1. The van der Waals surface area contributed by atoms with Gasteiger partial charge in [-0.05, 0) is 74.3 Å². The summed E-state index contributed by atoms with van der Waals surface area (Å²) in [6.45, 7) is 17.0. The molecule has 5 nitrogen and oxygen atoms in total. The molecular formula is C33H44O5. The Hall–Kier alpha value is -2.84. The van der Waals surface area contributed by atoms with Crippen molar-refractivity contribution in [2.75, 3.05) is 0 Å². The molecule has 3 rings (SSSR count). The molecule has 2 saturated carbocycles. The Morgan fingerprint density at radius 1 is 1.26 bits per heavy atom. The van der Waals surface area contributed by atoms with Gasteiger partial charge in [-0.15, -0.1) is 12.5 Å². The summed E-state index contributed by atoms with van der Waals surface area (Å²) in [6, 6.07) is 0. The lowest BCUT2D eigenvalue weighted by molar-refractivity contribution is -0.152. The van der Waals surface area contributed by atoms with Crippen molar-refractivity contribution in [1.82, 2.24) is 0 Å². The fourth-order valence-corrected chi connectivity index (χ4v) is 6.41. The lowest BCUT2D eigenvalue weighted by Crippen LogP contribution is -2.33. The monoisotopic (exact) mass is 520 g/mol. The lowest BCUT2D eigenvalue weighted by Gasteiger charge is -2.42. The maximum atomic E-state index is 11.7. The Morgan fingerprint density at radius 2 is 1.97 bits per heavy atom. The molecule has 0 aromatic heterocycles. The quantitative estimate of drug-likeness (QED) is 0.234. The molecule has 0 spiro atoms. The molecule has 0 amide bonds. The average Bonchev–Trinajstić information content (AvgIpc) is 3.16. The van der Waals surface area contributed by atoms with Crippen molar-refractivity contribution in [2.45, 2.75) is 104 Å². The molecule has 2 unspecified atom stereocenters. The molecule has 0 bridgehead atoms. The van der Waals surface area contributed by atoms with Gasteiger partial charge in [0.25, 0.3) is 0 Å². The van der Waals surface area contributed by atoms with Crippen molar-refractivity contribution in [1.29, 1.82) is 0 Å². The van der Waals surface area contributed by atoms with Gasteiger partial charge in [-0.1, -0.05) is 54.9 Å². The van der Waals surface area contributed by atoms with Crippen LogP contribution in [0, 0.1) is 29.1 Å². The first kappa shape index (κ1) is 29.7. The van der Waals surface area contributed by atoms with Gasteiger partial charge >= 0.3 is 11.9 Å². The smallest absolute Gasteiger partial charge is 0.303 e. The van der Waals surface area contributed by atoms with Crippen LogP contribution in [0.1, 0.15) is 86.0 Å². The first-order chi connectivity index (χ1) is 17.8. The van der Waals surface area contributed by atoms with Crippen LogP contribution in [0.25, 0.3) is 0 Å². The van der Waals surface area contributed by atoms with Crippen molar-refractivity contribution in [3.8, 4) is 11.8 Å². The molecule has 38 heavy (non-hydrogen) atoms. The third-order valence-corrected chi connectivity index (χ3v) is 8.13. The third-order valence-electron chi connectivity index (χ3n) is 8.13. The normalized spacial score (nSPS) is 30.1. The SMILES string of the molecule is C=CC(CCC#CC(C)(C)O)C1=CCC2/C(=C/C=C3/C[C@@H](OC(C)=O)C[C@H](OC(C)=O)C3=C)CCC[C@]12C. The third kappa shape index (κ3) is 7.38. The van der Waals surface area contributed by atoms with Crippen molar-refractivity contribution in [3.05, 3.63) is 59.8 Å². The van der Waals surface area contributed by atoms with E-state index in [4.69, 9.17) is 9.47 Å². The summed E-state index contributed by atoms with van der Waals surface area (Å²) < 4.78 is 11.0. The molecule has 0 aromatic carbocycles. The zero-order chi connectivity index (χ0) is 28.1. The summed E-state index contributed by atoms with van der Waals surface area (Å²) in [5.74, 6) is 6.04. The predicted molar refractivity (Wildman–Crippen MR) is 151 cm³/mol. The van der Waals surface area contributed by atoms with E-state index in [2.05, 4.69) is 56.2 Å². The first-order valence-electron chi connectivity index (χ1n) is 13.8. The Balaban J connectivity index is 1.79. The number of esters is 2. The van der Waals surface area contributed by atoms with Gasteiger partial charge in [-0.3, -0.25) is 9.59 Å². The molecule has 0 aromatic rings. The summed E-state index contributed by atoms with van der Waals surface area (Å²) in [5.41, 5.74) is 3.75. The average molecular weight is 521 g/mol. The van der Waals surface area contributed by atoms with E-state index in [0.29, 0.717) is 18.8 Å². The van der Waals surface area contributed by atoms with Crippen LogP contribution < -0.4 is 0 Å². The summed E-state index contributed by atoms with van der Waals surface area (Å²) in [4.78, 5) is 23.3. The Bertz CT molecular complexity index is 1100. The molecule has 0 saturated heterocycles. The first-order valence-corrected chi connectivity index (χ1v) is 13.8. The Labute approximate surface area is 228 Å². The number of hydrogen-bond donors (Lipinski definition) is 1. The number of carbonyl (C=O) groups is 2. The molecule has 0 aliphatic heterocycles. The molecule has 3 aliphatic rings. The molecule has 5 heteroatoms. The molecule has 0 radical (unpaired) electrons. The van der Waals surface area contributed by atoms with Crippen molar-refractivity contribution < 1.29 is 24.2 Å². The summed E-state index contributed by atoms with van der Waals surface area (Å²) in [7, 11) is 0. The van der Waals surface area contributed by atoms with Crippen LogP contribution in [0.5, 0.6) is 0 Å². The van der Waals surface area contributed by atoms with E-state index in [1.807, 2.05) is 0 Å². The predicted octanol–water partition coefficient (Wildman–Crippen LogP) is 6.55. The van der Waals surface area contributed by atoms with Crippen molar-refractivity contribution >= 4 is 11.9 Å². The second kappa shape index (κ2) is 12.3.